The highest BCUT2D eigenvalue weighted by molar-refractivity contribution is 7.70. The lowest BCUT2D eigenvalue weighted by Crippen LogP contribution is -2.12. The van der Waals surface area contributed by atoms with Gasteiger partial charge < -0.3 is 15.2 Å². The molecule has 0 atom stereocenters. The van der Waals surface area contributed by atoms with Crippen LogP contribution >= 0.6 is 7.14 Å². The average Bonchev–Trinajstić information content (AvgIpc) is 2.67. The second-order valence-electron chi connectivity index (χ2n) is 6.91. The minimum absolute atomic E-state index is 0.0960. The minimum Gasteiger partial charge on any atom is -0.340 e. The van der Waals surface area contributed by atoms with Crippen molar-refractivity contribution in [2.45, 2.75) is 6.18 Å². The SMILES string of the molecule is CP(C)(=O)c1ccc(Nc2ncc(C(F)(F)F)c(Nc3ccc([N+](=O)[O-])cc3)n2)cc1. The van der Waals surface area contributed by atoms with Gasteiger partial charge in [0.05, 0.1) is 4.92 Å². The van der Waals surface area contributed by atoms with Crippen molar-refractivity contribution in [3.05, 3.63) is 70.4 Å². The molecule has 162 valence electrons. The molecule has 1 heterocycles. The summed E-state index contributed by atoms with van der Waals surface area (Å²) in [6.07, 6.45) is -4.07. The molecule has 2 N–H and O–H groups in total. The van der Waals surface area contributed by atoms with Crippen LogP contribution in [0.4, 0.5) is 42.0 Å². The third kappa shape index (κ3) is 5.58. The molecule has 0 saturated carbocycles. The Hall–Kier alpha value is -3.46. The van der Waals surface area contributed by atoms with Crippen molar-refractivity contribution in [3.63, 3.8) is 0 Å². The number of nitro groups is 1. The average molecular weight is 451 g/mol. The summed E-state index contributed by atoms with van der Waals surface area (Å²) >= 11 is 0. The number of hydrogen-bond donors (Lipinski definition) is 2. The molecule has 0 unspecified atom stereocenters. The number of benzene rings is 2. The molecule has 0 saturated heterocycles. The number of non-ortho nitro benzene ring substituents is 1. The van der Waals surface area contributed by atoms with Gasteiger partial charge in [0, 0.05) is 35.0 Å². The number of nitrogens with one attached hydrogen (secondary N) is 2. The number of alkyl halides is 3. The molecule has 0 aliphatic rings. The minimum atomic E-state index is -4.72. The summed E-state index contributed by atoms with van der Waals surface area (Å²) in [5.41, 5.74) is -0.603. The molecule has 2 aromatic carbocycles. The molecule has 0 aliphatic carbocycles. The Morgan fingerprint density at radius 2 is 1.52 bits per heavy atom. The zero-order valence-corrected chi connectivity index (χ0v) is 17.2. The Labute approximate surface area is 175 Å². The van der Waals surface area contributed by atoms with Crippen LogP contribution in [0.1, 0.15) is 5.56 Å². The van der Waals surface area contributed by atoms with Crippen LogP contribution in [0.15, 0.2) is 54.7 Å². The predicted octanol–water partition coefficient (Wildman–Crippen LogP) is 5.14. The van der Waals surface area contributed by atoms with E-state index in [0.717, 1.165) is 12.1 Å². The van der Waals surface area contributed by atoms with Crippen molar-refractivity contribution in [2.75, 3.05) is 24.0 Å². The summed E-state index contributed by atoms with van der Waals surface area (Å²) in [5.74, 6) is -0.608. The largest absolute Gasteiger partial charge is 0.421 e. The van der Waals surface area contributed by atoms with E-state index >= 15 is 0 Å². The molecule has 12 heteroatoms. The number of nitrogens with zero attached hydrogens (tertiary/aromatic N) is 3. The number of halogens is 3. The van der Waals surface area contributed by atoms with Gasteiger partial charge in [-0.3, -0.25) is 10.1 Å². The first-order chi connectivity index (χ1) is 14.4. The Morgan fingerprint density at radius 3 is 2.03 bits per heavy atom. The van der Waals surface area contributed by atoms with Crippen LogP contribution in [0.3, 0.4) is 0 Å². The van der Waals surface area contributed by atoms with Crippen LogP contribution in [0, 0.1) is 10.1 Å². The number of hydrogen-bond acceptors (Lipinski definition) is 7. The molecule has 1 aromatic heterocycles. The molecule has 0 amide bonds. The highest BCUT2D eigenvalue weighted by Gasteiger charge is 2.35. The van der Waals surface area contributed by atoms with E-state index in [1.165, 1.54) is 12.1 Å². The maximum Gasteiger partial charge on any atom is 0.421 e. The van der Waals surface area contributed by atoms with Crippen LogP contribution in [0.25, 0.3) is 0 Å². The van der Waals surface area contributed by atoms with E-state index < -0.39 is 29.6 Å². The number of nitro benzene ring substituents is 1. The van der Waals surface area contributed by atoms with E-state index in [0.29, 0.717) is 17.2 Å². The smallest absolute Gasteiger partial charge is 0.340 e. The highest BCUT2D eigenvalue weighted by atomic mass is 31.2. The second kappa shape index (κ2) is 8.35. The van der Waals surface area contributed by atoms with Gasteiger partial charge in [0.2, 0.25) is 5.95 Å². The summed E-state index contributed by atoms with van der Waals surface area (Å²) < 4.78 is 52.2. The first-order valence-corrected chi connectivity index (χ1v) is 11.4. The van der Waals surface area contributed by atoms with Gasteiger partial charge >= 0.3 is 6.18 Å². The molecule has 0 bridgehead atoms. The summed E-state index contributed by atoms with van der Waals surface area (Å²) in [4.78, 5) is 17.8. The zero-order valence-electron chi connectivity index (χ0n) is 16.3. The molecule has 0 aliphatic heterocycles. The van der Waals surface area contributed by atoms with E-state index in [1.54, 1.807) is 37.6 Å². The first kappa shape index (κ1) is 22.2. The fourth-order valence-corrected chi connectivity index (χ4v) is 3.45. The van der Waals surface area contributed by atoms with Gasteiger partial charge in [0.15, 0.2) is 0 Å². The van der Waals surface area contributed by atoms with Crippen molar-refractivity contribution >= 4 is 41.3 Å². The lowest BCUT2D eigenvalue weighted by atomic mass is 10.2. The van der Waals surface area contributed by atoms with E-state index in [-0.39, 0.29) is 17.3 Å². The Balaban J connectivity index is 1.89. The molecule has 3 aromatic rings. The van der Waals surface area contributed by atoms with Gasteiger partial charge in [0.25, 0.3) is 5.69 Å². The standard InChI is InChI=1S/C19H17F3N5O3P/c1-31(2,30)15-9-5-13(6-10-15)25-18-23-11-16(19(20,21)22)17(26-18)24-12-3-7-14(8-4-12)27(28)29/h3-11H,1-2H3,(H2,23,24,25,26). The van der Waals surface area contributed by atoms with Crippen molar-refractivity contribution < 1.29 is 22.7 Å². The summed E-state index contributed by atoms with van der Waals surface area (Å²) in [7, 11) is -2.44. The third-order valence-corrected chi connectivity index (χ3v) is 5.72. The maximum absolute atomic E-state index is 13.4. The van der Waals surface area contributed by atoms with Crippen LogP contribution in [-0.4, -0.2) is 28.2 Å². The molecule has 31 heavy (non-hydrogen) atoms. The molecule has 0 radical (unpaired) electrons. The predicted molar refractivity (Wildman–Crippen MR) is 112 cm³/mol. The molecule has 0 spiro atoms. The summed E-state index contributed by atoms with van der Waals surface area (Å²) in [6.45, 7) is 3.26. The summed E-state index contributed by atoms with van der Waals surface area (Å²) in [5, 5.41) is 16.7. The number of anilines is 4. The van der Waals surface area contributed by atoms with Crippen LogP contribution in [0.2, 0.25) is 0 Å². The monoisotopic (exact) mass is 451 g/mol. The molecular weight excluding hydrogens is 434 g/mol. The fraction of sp³-hybridized carbons (Fsp3) is 0.158. The topological polar surface area (TPSA) is 110 Å². The maximum atomic E-state index is 13.4. The van der Waals surface area contributed by atoms with Crippen molar-refractivity contribution in [1.82, 2.24) is 9.97 Å². The van der Waals surface area contributed by atoms with Gasteiger partial charge in [-0.15, -0.1) is 0 Å². The van der Waals surface area contributed by atoms with Crippen molar-refractivity contribution in [1.29, 1.82) is 0 Å². The van der Waals surface area contributed by atoms with Gasteiger partial charge in [-0.05, 0) is 49.7 Å². The van der Waals surface area contributed by atoms with Crippen molar-refractivity contribution in [2.24, 2.45) is 0 Å². The molecular formula is C19H17F3N5O3P. The first-order valence-electron chi connectivity index (χ1n) is 8.82. The molecule has 8 nitrogen and oxygen atoms in total. The lowest BCUT2D eigenvalue weighted by Gasteiger charge is -2.15. The Bertz CT molecular complexity index is 1150. The Morgan fingerprint density at radius 1 is 0.968 bits per heavy atom. The quantitative estimate of drug-likeness (QED) is 0.303. The van der Waals surface area contributed by atoms with Gasteiger partial charge in [-0.2, -0.15) is 18.2 Å². The highest BCUT2D eigenvalue weighted by Crippen LogP contribution is 2.36. The van der Waals surface area contributed by atoms with Crippen LogP contribution < -0.4 is 15.9 Å². The number of rotatable bonds is 6. The molecule has 3 rings (SSSR count). The van der Waals surface area contributed by atoms with Crippen LogP contribution in [-0.2, 0) is 10.7 Å². The zero-order chi connectivity index (χ0) is 22.8. The third-order valence-electron chi connectivity index (χ3n) is 4.18. The molecule has 0 fully saturated rings. The van der Waals surface area contributed by atoms with E-state index in [9.17, 15) is 27.9 Å². The fourth-order valence-electron chi connectivity index (χ4n) is 2.58. The van der Waals surface area contributed by atoms with Gasteiger partial charge in [-0.1, -0.05) is 0 Å². The lowest BCUT2D eigenvalue weighted by molar-refractivity contribution is -0.384. The van der Waals surface area contributed by atoms with E-state index in [4.69, 9.17) is 0 Å². The Kier molecular flexibility index (Phi) is 5.99. The number of aromatic nitrogens is 2. The van der Waals surface area contributed by atoms with Crippen LogP contribution in [0.5, 0.6) is 0 Å². The van der Waals surface area contributed by atoms with Crippen molar-refractivity contribution in [3.8, 4) is 0 Å². The van der Waals surface area contributed by atoms with E-state index in [2.05, 4.69) is 20.6 Å². The second-order valence-corrected chi connectivity index (χ2v) is 10.1. The van der Waals surface area contributed by atoms with Gasteiger partial charge in [-0.25, -0.2) is 4.98 Å². The van der Waals surface area contributed by atoms with E-state index in [1.807, 2.05) is 0 Å². The normalized spacial score (nSPS) is 11.8. The summed E-state index contributed by atoms with van der Waals surface area (Å²) in [6, 6.07) is 11.4. The van der Waals surface area contributed by atoms with Gasteiger partial charge in [0.1, 0.15) is 18.5 Å².